The van der Waals surface area contributed by atoms with Crippen LogP contribution in [0.25, 0.3) is 0 Å². The number of likely N-dealkylation sites (tertiary alicyclic amines) is 1. The van der Waals surface area contributed by atoms with Gasteiger partial charge >= 0.3 is 0 Å². The Morgan fingerprint density at radius 3 is 2.25 bits per heavy atom. The fraction of sp³-hybridized carbons (Fsp3) is 0.652. The van der Waals surface area contributed by atoms with E-state index in [0.717, 1.165) is 82.4 Å². The van der Waals surface area contributed by atoms with Gasteiger partial charge in [-0.15, -0.1) is 0 Å². The van der Waals surface area contributed by atoms with Gasteiger partial charge in [0.2, 0.25) is 5.91 Å². The minimum absolute atomic E-state index is 0.0886. The Hall–Kier alpha value is -2.22. The number of nitrogens with zero attached hydrogens (tertiary/aromatic N) is 2. The molecular formula is C23H32N2O3. The lowest BCUT2D eigenvalue weighted by Crippen LogP contribution is -2.47. The van der Waals surface area contributed by atoms with E-state index in [4.69, 9.17) is 9.47 Å². The van der Waals surface area contributed by atoms with Crippen molar-refractivity contribution in [3.05, 3.63) is 23.8 Å². The lowest BCUT2D eigenvalue weighted by Gasteiger charge is -2.38. The molecule has 0 N–H and O–H groups in total. The van der Waals surface area contributed by atoms with Crippen molar-refractivity contribution in [3.8, 4) is 17.6 Å². The van der Waals surface area contributed by atoms with Crippen LogP contribution in [0.4, 0.5) is 0 Å². The number of amides is 1. The number of nitriles is 1. The van der Waals surface area contributed by atoms with Gasteiger partial charge in [0, 0.05) is 19.2 Å². The molecule has 1 aromatic carbocycles. The van der Waals surface area contributed by atoms with Crippen LogP contribution in [-0.2, 0) is 11.2 Å². The van der Waals surface area contributed by atoms with Gasteiger partial charge in [0.25, 0.3) is 0 Å². The van der Waals surface area contributed by atoms with Crippen LogP contribution < -0.4 is 9.47 Å². The van der Waals surface area contributed by atoms with E-state index >= 15 is 0 Å². The topological polar surface area (TPSA) is 62.6 Å². The summed E-state index contributed by atoms with van der Waals surface area (Å²) in [7, 11) is 3.34. The van der Waals surface area contributed by atoms with Crippen molar-refractivity contribution in [3.63, 3.8) is 0 Å². The highest BCUT2D eigenvalue weighted by atomic mass is 16.5. The van der Waals surface area contributed by atoms with Crippen LogP contribution in [0.5, 0.6) is 11.5 Å². The maximum absolute atomic E-state index is 13.0. The van der Waals surface area contributed by atoms with Gasteiger partial charge in [0.15, 0.2) is 0 Å². The molecule has 5 nitrogen and oxygen atoms in total. The molecule has 1 saturated heterocycles. The predicted molar refractivity (Wildman–Crippen MR) is 108 cm³/mol. The van der Waals surface area contributed by atoms with E-state index in [1.54, 1.807) is 14.2 Å². The number of rotatable bonds is 6. The van der Waals surface area contributed by atoms with E-state index in [-0.39, 0.29) is 5.91 Å². The molecule has 5 heteroatoms. The molecule has 1 aliphatic carbocycles. The Labute approximate surface area is 168 Å². The van der Waals surface area contributed by atoms with E-state index in [1.807, 2.05) is 11.0 Å². The van der Waals surface area contributed by atoms with Gasteiger partial charge in [-0.3, -0.25) is 4.79 Å². The van der Waals surface area contributed by atoms with Gasteiger partial charge < -0.3 is 14.4 Å². The van der Waals surface area contributed by atoms with Gasteiger partial charge in [0.05, 0.1) is 20.3 Å². The Bertz CT molecular complexity index is 689. The molecule has 2 aliphatic rings. The molecule has 0 radical (unpaired) electrons. The number of benzene rings is 1. The third kappa shape index (κ3) is 4.60. The molecule has 0 aromatic heterocycles. The highest BCUT2D eigenvalue weighted by Gasteiger charge is 2.43. The third-order valence-corrected chi connectivity index (χ3v) is 6.48. The highest BCUT2D eigenvalue weighted by Crippen LogP contribution is 2.38. The Kier molecular flexibility index (Phi) is 6.83. The summed E-state index contributed by atoms with van der Waals surface area (Å²) in [5, 5.41) is 9.67. The maximum Gasteiger partial charge on any atom is 0.243 e. The summed E-state index contributed by atoms with van der Waals surface area (Å²) in [5.74, 6) is 2.35. The average Bonchev–Trinajstić information content (AvgIpc) is 2.77. The second-order valence-corrected chi connectivity index (χ2v) is 8.25. The number of methoxy groups -OCH3 is 2. The number of carbonyl (C=O) groups excluding carboxylic acids is 1. The Balaban J connectivity index is 1.52. The first-order valence-electron chi connectivity index (χ1n) is 10.5. The zero-order chi connectivity index (χ0) is 20.0. The summed E-state index contributed by atoms with van der Waals surface area (Å²) < 4.78 is 10.7. The molecule has 28 heavy (non-hydrogen) atoms. The standard InChI is InChI=1S/C23H32N2O3/c1-27-20-14-19(15-21(16-20)28-2)7-6-18-8-12-25(13-9-18)22(26)23(17-24)10-4-3-5-11-23/h14-16,18H,3-13H2,1-2H3. The van der Waals surface area contributed by atoms with E-state index < -0.39 is 5.41 Å². The summed E-state index contributed by atoms with van der Waals surface area (Å²) in [4.78, 5) is 15.0. The van der Waals surface area contributed by atoms with E-state index in [9.17, 15) is 10.1 Å². The molecule has 1 aromatic rings. The first-order chi connectivity index (χ1) is 13.6. The number of carbonyl (C=O) groups is 1. The van der Waals surface area contributed by atoms with Crippen molar-refractivity contribution in [2.24, 2.45) is 11.3 Å². The molecule has 152 valence electrons. The van der Waals surface area contributed by atoms with Crippen molar-refractivity contribution in [1.29, 1.82) is 5.26 Å². The lowest BCUT2D eigenvalue weighted by molar-refractivity contribution is -0.142. The number of aryl methyl sites for hydroxylation is 1. The number of hydrogen-bond donors (Lipinski definition) is 0. The summed E-state index contributed by atoms with van der Waals surface area (Å²) in [6.07, 6.45) is 8.74. The Morgan fingerprint density at radius 1 is 1.11 bits per heavy atom. The van der Waals surface area contributed by atoms with Gasteiger partial charge in [-0.05, 0) is 62.1 Å². The quantitative estimate of drug-likeness (QED) is 0.731. The van der Waals surface area contributed by atoms with Gasteiger partial charge in [0.1, 0.15) is 16.9 Å². The first-order valence-corrected chi connectivity index (χ1v) is 10.5. The molecule has 0 bridgehead atoms. The van der Waals surface area contributed by atoms with Gasteiger partial charge in [-0.2, -0.15) is 5.26 Å². The molecule has 0 spiro atoms. The van der Waals surface area contributed by atoms with Crippen molar-refractivity contribution in [1.82, 2.24) is 4.90 Å². The number of piperidine rings is 1. The SMILES string of the molecule is COc1cc(CCC2CCN(C(=O)C3(C#N)CCCCC3)CC2)cc(OC)c1. The molecule has 1 aliphatic heterocycles. The zero-order valence-corrected chi connectivity index (χ0v) is 17.2. The summed E-state index contributed by atoms with van der Waals surface area (Å²) >= 11 is 0. The fourth-order valence-electron chi connectivity index (χ4n) is 4.64. The molecule has 3 rings (SSSR count). The van der Waals surface area contributed by atoms with E-state index in [2.05, 4.69) is 18.2 Å². The van der Waals surface area contributed by atoms with Crippen molar-refractivity contribution in [2.75, 3.05) is 27.3 Å². The fourth-order valence-corrected chi connectivity index (χ4v) is 4.64. The minimum atomic E-state index is -0.748. The van der Waals surface area contributed by atoms with Crippen molar-refractivity contribution >= 4 is 5.91 Å². The van der Waals surface area contributed by atoms with Crippen LogP contribution in [0.3, 0.4) is 0 Å². The maximum atomic E-state index is 13.0. The second kappa shape index (κ2) is 9.32. The van der Waals surface area contributed by atoms with E-state index in [1.165, 1.54) is 5.56 Å². The molecule has 2 fully saturated rings. The minimum Gasteiger partial charge on any atom is -0.497 e. The number of hydrogen-bond acceptors (Lipinski definition) is 4. The van der Waals surface area contributed by atoms with Crippen LogP contribution >= 0.6 is 0 Å². The molecule has 0 atom stereocenters. The number of ether oxygens (including phenoxy) is 2. The monoisotopic (exact) mass is 384 g/mol. The second-order valence-electron chi connectivity index (χ2n) is 8.25. The van der Waals surface area contributed by atoms with Crippen molar-refractivity contribution in [2.45, 2.75) is 57.8 Å². The highest BCUT2D eigenvalue weighted by molar-refractivity contribution is 5.85. The predicted octanol–water partition coefficient (Wildman–Crippen LogP) is 4.35. The molecule has 1 saturated carbocycles. The normalized spacial score (nSPS) is 19.7. The lowest BCUT2D eigenvalue weighted by atomic mass is 9.73. The first kappa shape index (κ1) is 20.5. The zero-order valence-electron chi connectivity index (χ0n) is 17.2. The molecule has 0 unspecified atom stereocenters. The van der Waals surface area contributed by atoms with Crippen LogP contribution in [0.15, 0.2) is 18.2 Å². The summed E-state index contributed by atoms with van der Waals surface area (Å²) in [5.41, 5.74) is 0.475. The molecule has 1 heterocycles. The van der Waals surface area contributed by atoms with Crippen LogP contribution in [0, 0.1) is 22.7 Å². The van der Waals surface area contributed by atoms with Gasteiger partial charge in [-0.1, -0.05) is 19.3 Å². The smallest absolute Gasteiger partial charge is 0.243 e. The molecular weight excluding hydrogens is 352 g/mol. The van der Waals surface area contributed by atoms with Crippen LogP contribution in [0.1, 0.15) is 56.9 Å². The van der Waals surface area contributed by atoms with Crippen LogP contribution in [0.2, 0.25) is 0 Å². The molecule has 1 amide bonds. The summed E-state index contributed by atoms with van der Waals surface area (Å²) in [6.45, 7) is 1.57. The van der Waals surface area contributed by atoms with Crippen molar-refractivity contribution < 1.29 is 14.3 Å². The summed E-state index contributed by atoms with van der Waals surface area (Å²) in [6, 6.07) is 8.41. The van der Waals surface area contributed by atoms with E-state index in [0.29, 0.717) is 5.92 Å². The van der Waals surface area contributed by atoms with Crippen LogP contribution in [-0.4, -0.2) is 38.1 Å². The largest absolute Gasteiger partial charge is 0.497 e. The third-order valence-electron chi connectivity index (χ3n) is 6.48. The average molecular weight is 385 g/mol. The Morgan fingerprint density at radius 2 is 1.71 bits per heavy atom. The van der Waals surface area contributed by atoms with Gasteiger partial charge in [-0.25, -0.2) is 0 Å².